The average Bonchev–Trinajstić information content (AvgIpc) is 2.17. The lowest BCUT2D eigenvalue weighted by atomic mass is 10.2. The minimum Gasteiger partial charge on any atom is -0.450 e. The summed E-state index contributed by atoms with van der Waals surface area (Å²) in [5.74, 6) is 0.880. The van der Waals surface area contributed by atoms with Crippen molar-refractivity contribution in [1.82, 2.24) is 5.48 Å². The summed E-state index contributed by atoms with van der Waals surface area (Å²) in [6.07, 6.45) is 1.90. The number of hydrogen-bond acceptors (Lipinski definition) is 3. The molecule has 5 nitrogen and oxygen atoms in total. The summed E-state index contributed by atoms with van der Waals surface area (Å²) in [6.45, 7) is 0. The molecule has 1 aliphatic heterocycles. The van der Waals surface area contributed by atoms with Crippen molar-refractivity contribution in [3.63, 3.8) is 0 Å². The Bertz CT molecular complexity index is 344. The largest absolute Gasteiger partial charge is 0.503 e. The number of carboxylic acid groups (broad SMARTS) is 2. The number of hydrogen-bond donors (Lipinski definition) is 3. The molecule has 14 heavy (non-hydrogen) atoms. The Morgan fingerprint density at radius 2 is 1.93 bits per heavy atom. The summed E-state index contributed by atoms with van der Waals surface area (Å²) < 4.78 is 0. The van der Waals surface area contributed by atoms with E-state index in [1.54, 1.807) is 6.20 Å². The lowest BCUT2D eigenvalue weighted by Crippen LogP contribution is -2.13. The van der Waals surface area contributed by atoms with Crippen molar-refractivity contribution in [3.05, 3.63) is 36.0 Å². The molecule has 1 aromatic rings. The Morgan fingerprint density at radius 1 is 1.29 bits per heavy atom. The third-order valence-corrected chi connectivity index (χ3v) is 1.42. The second-order valence-corrected chi connectivity index (χ2v) is 2.37. The third-order valence-electron chi connectivity index (χ3n) is 1.42. The van der Waals surface area contributed by atoms with E-state index < -0.39 is 6.16 Å². The van der Waals surface area contributed by atoms with Crippen LogP contribution in [-0.2, 0) is 0 Å². The van der Waals surface area contributed by atoms with Gasteiger partial charge >= 0.3 is 6.16 Å². The molecule has 2 rings (SSSR count). The van der Waals surface area contributed by atoms with Gasteiger partial charge in [0.05, 0.1) is 0 Å². The molecule has 0 saturated heterocycles. The highest BCUT2D eigenvalue weighted by Gasteiger charge is 2.01. The van der Waals surface area contributed by atoms with Crippen molar-refractivity contribution >= 4 is 12.2 Å². The molecule has 0 saturated carbocycles. The molecule has 0 atom stereocenters. The van der Waals surface area contributed by atoms with Gasteiger partial charge in [-0.25, -0.2) is 10.3 Å². The third kappa shape index (κ3) is 3.06. The van der Waals surface area contributed by atoms with Gasteiger partial charge in [0.15, 0.2) is 5.75 Å². The summed E-state index contributed by atoms with van der Waals surface area (Å²) >= 11 is 0. The monoisotopic (exact) mass is 195 g/mol. The number of hydroxylamine groups is 1. The molecular weight excluding hydrogens is 186 g/mol. The molecular formula is C9H9NO4. The molecule has 0 aromatic heterocycles. The van der Waals surface area contributed by atoms with Gasteiger partial charge in [-0.3, -0.25) is 0 Å². The van der Waals surface area contributed by atoms with E-state index in [4.69, 9.17) is 19.8 Å². The van der Waals surface area contributed by atoms with Gasteiger partial charge in [0.2, 0.25) is 0 Å². The average molecular weight is 195 g/mol. The van der Waals surface area contributed by atoms with E-state index >= 15 is 0 Å². The van der Waals surface area contributed by atoms with E-state index in [9.17, 15) is 0 Å². The van der Waals surface area contributed by atoms with Crippen LogP contribution in [0.4, 0.5) is 4.79 Å². The normalized spacial score (nSPS) is 11.1. The molecule has 0 amide bonds. The zero-order chi connectivity index (χ0) is 10.4. The Hall–Kier alpha value is -2.17. The van der Waals surface area contributed by atoms with Crippen LogP contribution in [0.15, 0.2) is 30.5 Å². The number of benzene rings is 1. The zero-order valence-corrected chi connectivity index (χ0v) is 7.18. The number of rotatable bonds is 0. The van der Waals surface area contributed by atoms with Crippen molar-refractivity contribution in [3.8, 4) is 5.75 Å². The van der Waals surface area contributed by atoms with E-state index in [0.717, 1.165) is 11.3 Å². The molecule has 1 heterocycles. The molecule has 0 bridgehead atoms. The van der Waals surface area contributed by atoms with E-state index in [0.29, 0.717) is 0 Å². The van der Waals surface area contributed by atoms with Crippen LogP contribution in [0.2, 0.25) is 0 Å². The van der Waals surface area contributed by atoms with Crippen molar-refractivity contribution in [2.24, 2.45) is 0 Å². The highest BCUT2D eigenvalue weighted by atomic mass is 16.6. The molecule has 3 N–H and O–H groups in total. The van der Waals surface area contributed by atoms with Gasteiger partial charge in [0.1, 0.15) is 0 Å². The molecule has 0 spiro atoms. The lowest BCUT2D eigenvalue weighted by Gasteiger charge is -2.11. The highest BCUT2D eigenvalue weighted by molar-refractivity contribution is 5.58. The molecule has 0 unspecified atom stereocenters. The number of carbonyl (C=O) groups is 1. The Kier molecular flexibility index (Phi) is 3.37. The molecule has 74 valence electrons. The van der Waals surface area contributed by atoms with Gasteiger partial charge in [-0.2, -0.15) is 0 Å². The molecule has 1 aliphatic rings. The van der Waals surface area contributed by atoms with Crippen LogP contribution >= 0.6 is 0 Å². The first-order valence-corrected chi connectivity index (χ1v) is 3.80. The fourth-order valence-corrected chi connectivity index (χ4v) is 0.932. The summed E-state index contributed by atoms with van der Waals surface area (Å²) in [6, 6.07) is 7.86. The quantitative estimate of drug-likeness (QED) is 0.588. The highest BCUT2D eigenvalue weighted by Crippen LogP contribution is 2.20. The van der Waals surface area contributed by atoms with E-state index in [2.05, 4.69) is 5.48 Å². The summed E-state index contributed by atoms with van der Waals surface area (Å²) in [7, 11) is 0. The predicted molar refractivity (Wildman–Crippen MR) is 49.9 cm³/mol. The van der Waals surface area contributed by atoms with E-state index in [1.165, 1.54) is 0 Å². The van der Waals surface area contributed by atoms with Crippen LogP contribution in [0.1, 0.15) is 5.56 Å². The zero-order valence-electron chi connectivity index (χ0n) is 7.18. The van der Waals surface area contributed by atoms with Crippen molar-refractivity contribution in [2.75, 3.05) is 0 Å². The predicted octanol–water partition coefficient (Wildman–Crippen LogP) is 1.78. The van der Waals surface area contributed by atoms with Gasteiger partial charge in [-0.05, 0) is 12.1 Å². The molecule has 0 fully saturated rings. The van der Waals surface area contributed by atoms with Crippen molar-refractivity contribution in [2.45, 2.75) is 0 Å². The van der Waals surface area contributed by atoms with Crippen LogP contribution in [-0.4, -0.2) is 16.4 Å². The fraction of sp³-hybridized carbons (Fsp3) is 0. The Balaban J connectivity index is 0.000000213. The summed E-state index contributed by atoms with van der Waals surface area (Å²) in [5.41, 5.74) is 3.77. The number of nitrogens with one attached hydrogen (secondary N) is 1. The first-order chi connectivity index (χ1) is 6.70. The molecule has 0 radical (unpaired) electrons. The second kappa shape index (κ2) is 4.76. The van der Waals surface area contributed by atoms with Crippen LogP contribution in [0.3, 0.4) is 0 Å². The van der Waals surface area contributed by atoms with Gasteiger partial charge in [-0.1, -0.05) is 18.2 Å². The van der Waals surface area contributed by atoms with Gasteiger partial charge in [0, 0.05) is 11.8 Å². The summed E-state index contributed by atoms with van der Waals surface area (Å²) in [4.78, 5) is 13.6. The van der Waals surface area contributed by atoms with Gasteiger partial charge < -0.3 is 15.1 Å². The van der Waals surface area contributed by atoms with Crippen molar-refractivity contribution < 1.29 is 19.8 Å². The molecule has 1 aromatic carbocycles. The molecule has 5 heteroatoms. The number of fused-ring (bicyclic) bond motifs is 1. The molecule has 0 aliphatic carbocycles. The van der Waals surface area contributed by atoms with Crippen molar-refractivity contribution in [1.29, 1.82) is 0 Å². The van der Waals surface area contributed by atoms with Gasteiger partial charge in [-0.15, -0.1) is 0 Å². The summed E-state index contributed by atoms with van der Waals surface area (Å²) in [5, 5.41) is 13.9. The smallest absolute Gasteiger partial charge is 0.450 e. The maximum absolute atomic E-state index is 8.56. The first-order valence-electron chi connectivity index (χ1n) is 3.80. The maximum atomic E-state index is 8.56. The van der Waals surface area contributed by atoms with Crippen LogP contribution in [0, 0.1) is 0 Å². The lowest BCUT2D eigenvalue weighted by molar-refractivity contribution is 0.137. The van der Waals surface area contributed by atoms with E-state index in [1.807, 2.05) is 30.3 Å². The standard InChI is InChI=1S/C8H7NO.CH2O3/c1-2-4-8-7(3-1)5-6-9-10-8;2-1(3)4/h1-6,9H;(H2,2,3,4). The Labute approximate surface area is 80.2 Å². The minimum atomic E-state index is -1.83. The maximum Gasteiger partial charge on any atom is 0.503 e. The van der Waals surface area contributed by atoms with E-state index in [-0.39, 0.29) is 0 Å². The fourth-order valence-electron chi connectivity index (χ4n) is 0.932. The number of para-hydroxylation sites is 1. The minimum absolute atomic E-state index is 0.880. The topological polar surface area (TPSA) is 78.8 Å². The van der Waals surface area contributed by atoms with Crippen LogP contribution in [0.25, 0.3) is 6.08 Å². The second-order valence-electron chi connectivity index (χ2n) is 2.37. The SMILES string of the molecule is C1=Cc2ccccc2ON1.O=C(O)O. The van der Waals surface area contributed by atoms with Gasteiger partial charge in [0.25, 0.3) is 0 Å². The Morgan fingerprint density at radius 3 is 2.57 bits per heavy atom. The van der Waals surface area contributed by atoms with Crippen LogP contribution < -0.4 is 10.3 Å². The van der Waals surface area contributed by atoms with Crippen LogP contribution in [0.5, 0.6) is 5.75 Å². The first kappa shape index (κ1) is 9.91.